The predicted molar refractivity (Wildman–Crippen MR) is 172 cm³/mol. The lowest BCUT2D eigenvalue weighted by molar-refractivity contribution is 0.0515. The van der Waals surface area contributed by atoms with E-state index in [2.05, 4.69) is 30.3 Å². The van der Waals surface area contributed by atoms with Crippen LogP contribution in [0.1, 0.15) is 83.9 Å². The summed E-state index contributed by atoms with van der Waals surface area (Å²) >= 11 is 0. The van der Waals surface area contributed by atoms with Crippen LogP contribution >= 0.6 is 0 Å². The van der Waals surface area contributed by atoms with Crippen LogP contribution in [0.5, 0.6) is 0 Å². The van der Waals surface area contributed by atoms with Crippen LogP contribution in [0.25, 0.3) is 0 Å². The summed E-state index contributed by atoms with van der Waals surface area (Å²) in [6.07, 6.45) is 5.75. The highest BCUT2D eigenvalue weighted by Crippen LogP contribution is 2.34. The molecule has 2 fully saturated rings. The van der Waals surface area contributed by atoms with E-state index in [1.807, 2.05) is 32.6 Å². The van der Waals surface area contributed by atoms with Gasteiger partial charge < -0.3 is 29.3 Å². The fourth-order valence-electron chi connectivity index (χ4n) is 5.94. The van der Waals surface area contributed by atoms with E-state index in [0.717, 1.165) is 25.0 Å². The van der Waals surface area contributed by atoms with Gasteiger partial charge in [-0.15, -0.1) is 0 Å². The van der Waals surface area contributed by atoms with Crippen LogP contribution in [0.4, 0.5) is 25.5 Å². The Morgan fingerprint density at radius 1 is 1.06 bits per heavy atom. The number of piperidine rings is 1. The van der Waals surface area contributed by atoms with Gasteiger partial charge in [-0.2, -0.15) is 4.98 Å². The van der Waals surface area contributed by atoms with E-state index >= 15 is 0 Å². The van der Waals surface area contributed by atoms with E-state index in [9.17, 15) is 18.4 Å². The molecule has 2 amide bonds. The molecule has 0 spiro atoms. The highest BCUT2D eigenvalue weighted by atomic mass is 19.1. The number of hydrogen-bond donors (Lipinski definition) is 1. The summed E-state index contributed by atoms with van der Waals surface area (Å²) in [5.41, 5.74) is 0.0885. The van der Waals surface area contributed by atoms with Crippen molar-refractivity contribution < 1.29 is 27.6 Å². The number of rotatable bonds is 6. The maximum absolute atomic E-state index is 14.9. The Balaban J connectivity index is 1.26. The van der Waals surface area contributed by atoms with E-state index in [-0.39, 0.29) is 42.4 Å². The molecule has 254 valence electrons. The van der Waals surface area contributed by atoms with Crippen LogP contribution in [0, 0.1) is 0 Å². The number of carbonyl (C=O) groups is 2. The molecule has 1 N–H and O–H groups in total. The Labute approximate surface area is 273 Å². The van der Waals surface area contributed by atoms with Gasteiger partial charge in [0.2, 0.25) is 5.95 Å². The quantitative estimate of drug-likeness (QED) is 0.432. The highest BCUT2D eigenvalue weighted by Gasteiger charge is 2.36. The van der Waals surface area contributed by atoms with E-state index in [0.29, 0.717) is 48.6 Å². The topological polar surface area (TPSA) is 130 Å². The fourth-order valence-corrected chi connectivity index (χ4v) is 5.94. The predicted octanol–water partition coefficient (Wildman–Crippen LogP) is 5.41. The van der Waals surface area contributed by atoms with E-state index in [1.165, 1.54) is 12.4 Å². The van der Waals surface area contributed by atoms with Crippen molar-refractivity contribution >= 4 is 24.0 Å². The molecule has 3 aliphatic rings. The summed E-state index contributed by atoms with van der Waals surface area (Å²) in [5.74, 6) is -0.244. The van der Waals surface area contributed by atoms with Gasteiger partial charge in [-0.1, -0.05) is 25.9 Å². The van der Waals surface area contributed by atoms with Crippen molar-refractivity contribution in [2.24, 2.45) is 0 Å². The van der Waals surface area contributed by atoms with Crippen LogP contribution in [0.2, 0.25) is 0 Å². The zero-order valence-electron chi connectivity index (χ0n) is 28.1. The number of anilines is 2. The van der Waals surface area contributed by atoms with E-state index in [4.69, 9.17) is 9.26 Å². The monoisotopic (exact) mass is 654 g/mol. The maximum atomic E-state index is 14.9. The van der Waals surface area contributed by atoms with Crippen molar-refractivity contribution in [2.75, 3.05) is 42.5 Å². The number of amides is 2. The summed E-state index contributed by atoms with van der Waals surface area (Å²) in [5, 5.41) is 6.93. The number of carbonyl (C=O) groups excluding carboxylic acids is 2. The molecule has 0 unspecified atom stereocenters. The molecule has 4 heterocycles. The summed E-state index contributed by atoms with van der Waals surface area (Å²) in [4.78, 5) is 45.4. The van der Waals surface area contributed by atoms with Crippen LogP contribution < -0.4 is 15.1 Å². The second-order valence-corrected chi connectivity index (χ2v) is 14.1. The van der Waals surface area contributed by atoms with Gasteiger partial charge in [0.05, 0.1) is 11.6 Å². The average molecular weight is 655 g/mol. The Hall–Kier alpha value is -4.36. The van der Waals surface area contributed by atoms with Crippen LogP contribution in [0.15, 0.2) is 51.9 Å². The first kappa shape index (κ1) is 34.0. The first-order valence-electron chi connectivity index (χ1n) is 16.0. The van der Waals surface area contributed by atoms with Crippen molar-refractivity contribution in [3.05, 3.63) is 58.7 Å². The molecule has 2 aliphatic heterocycles. The third-order valence-corrected chi connectivity index (χ3v) is 8.34. The highest BCUT2D eigenvalue weighted by molar-refractivity contribution is 5.94. The van der Waals surface area contributed by atoms with Gasteiger partial charge in [0.25, 0.3) is 5.91 Å². The van der Waals surface area contributed by atoms with Crippen molar-refractivity contribution in [3.63, 3.8) is 0 Å². The van der Waals surface area contributed by atoms with Crippen molar-refractivity contribution in [1.29, 1.82) is 0 Å². The molecule has 14 heteroatoms. The molecule has 0 saturated carbocycles. The van der Waals surface area contributed by atoms with Crippen LogP contribution in [-0.4, -0.2) is 87.4 Å². The number of halogens is 2. The summed E-state index contributed by atoms with van der Waals surface area (Å²) in [6.45, 7) is 15.5. The number of alkyl carbamates (subject to hydrolysis) is 1. The number of nitrogens with one attached hydrogen (secondary N) is 1. The molecule has 1 atom stereocenters. The Morgan fingerprint density at radius 2 is 1.74 bits per heavy atom. The van der Waals surface area contributed by atoms with Crippen molar-refractivity contribution in [1.82, 2.24) is 30.3 Å². The van der Waals surface area contributed by atoms with Crippen molar-refractivity contribution in [3.8, 4) is 0 Å². The zero-order chi connectivity index (χ0) is 34.1. The molecule has 0 bridgehead atoms. The van der Waals surface area contributed by atoms with Gasteiger partial charge in [-0.25, -0.2) is 23.5 Å². The summed E-state index contributed by atoms with van der Waals surface area (Å²) in [6, 6.07) is -0.142. The Morgan fingerprint density at radius 3 is 2.34 bits per heavy atom. The van der Waals surface area contributed by atoms with Gasteiger partial charge >= 0.3 is 12.1 Å². The van der Waals surface area contributed by atoms with Gasteiger partial charge in [0, 0.05) is 63.0 Å². The Kier molecular flexibility index (Phi) is 9.69. The summed E-state index contributed by atoms with van der Waals surface area (Å²) in [7, 11) is 0. The lowest BCUT2D eigenvalue weighted by Crippen LogP contribution is -2.47. The first-order chi connectivity index (χ1) is 22.1. The van der Waals surface area contributed by atoms with E-state index < -0.39 is 29.4 Å². The molecular formula is C33H44F2N8O4. The molecule has 1 aliphatic carbocycles. The number of hydrogen-bond acceptors (Lipinski definition) is 10. The number of allylic oxidation sites excluding steroid dienone is 5. The van der Waals surface area contributed by atoms with Gasteiger partial charge in [0.15, 0.2) is 5.82 Å². The fraction of sp³-hybridized carbons (Fsp3) is 0.576. The molecular weight excluding hydrogens is 610 g/mol. The molecule has 2 saturated heterocycles. The standard InChI is InChI=1S/C33H44F2N8O4/c1-8-43(22-11-13-41(14-12-22)30-39-28(40-47-30)32(2,3)4)27(44)20-16-36-29(37-17-20)42-18-24(23-15-21(34)9-10-25(23)35)26(19-42)38-31(45)46-33(5,6)7/h9-10,16-17,22,26H,8,11-15,18-19H2,1-7H3,(H,38,45)/b24-23+/t26-/m0/s1. The zero-order valence-corrected chi connectivity index (χ0v) is 28.1. The second kappa shape index (κ2) is 13.4. The minimum absolute atomic E-state index is 0.0220. The average Bonchev–Trinajstić information content (AvgIpc) is 3.67. The van der Waals surface area contributed by atoms with Gasteiger partial charge in [-0.3, -0.25) is 4.79 Å². The number of nitrogens with zero attached hydrogens (tertiary/aromatic N) is 7. The smallest absolute Gasteiger partial charge is 0.408 e. The Bertz CT molecular complexity index is 1560. The minimum atomic E-state index is -0.736. The van der Waals surface area contributed by atoms with Crippen LogP contribution in [-0.2, 0) is 10.2 Å². The molecule has 0 aromatic carbocycles. The van der Waals surface area contributed by atoms with E-state index in [1.54, 1.807) is 25.7 Å². The lowest BCUT2D eigenvalue weighted by Gasteiger charge is -2.37. The molecule has 12 nitrogen and oxygen atoms in total. The largest absolute Gasteiger partial charge is 0.444 e. The third-order valence-electron chi connectivity index (χ3n) is 8.34. The van der Waals surface area contributed by atoms with Gasteiger partial charge in [0.1, 0.15) is 17.3 Å². The minimum Gasteiger partial charge on any atom is -0.444 e. The third kappa shape index (κ3) is 7.96. The molecule has 2 aromatic heterocycles. The SMILES string of the molecule is CCN(C(=O)c1cnc(N2C/C(=C3/CC(F)=CC=C3F)[C@@H](NC(=O)OC(C)(C)C)C2)nc1)C1CCN(c2nc(C(C)(C)C)no2)CC1. The van der Waals surface area contributed by atoms with Gasteiger partial charge in [-0.05, 0) is 63.8 Å². The number of aromatic nitrogens is 4. The molecule has 5 rings (SSSR count). The maximum Gasteiger partial charge on any atom is 0.408 e. The molecule has 47 heavy (non-hydrogen) atoms. The number of ether oxygens (including phenoxy) is 1. The lowest BCUT2D eigenvalue weighted by atomic mass is 9.96. The molecule has 0 radical (unpaired) electrons. The van der Waals surface area contributed by atoms with Crippen molar-refractivity contribution in [2.45, 2.75) is 90.8 Å². The normalized spacial score (nSPS) is 21.0. The molecule has 2 aromatic rings. The summed E-state index contributed by atoms with van der Waals surface area (Å²) < 4.78 is 40.0. The first-order valence-corrected chi connectivity index (χ1v) is 16.0. The second-order valence-electron chi connectivity index (χ2n) is 14.1. The van der Waals surface area contributed by atoms with Crippen LogP contribution in [0.3, 0.4) is 0 Å².